The zero-order valence-electron chi connectivity index (χ0n) is 21.1. The SMILES string of the molecule is NC(N)=C/C=C(\N)c1cccnc1C(F)(F)F.[B]C([B])(C1CCOC(C)(C)C1)N1CC2CCCC2C1. The number of alkyl halides is 3. The molecule has 0 bridgehead atoms. The second-order valence-corrected chi connectivity index (χ2v) is 10.7. The van der Waals surface area contributed by atoms with Crippen molar-refractivity contribution in [2.24, 2.45) is 35.0 Å². The number of nitrogens with two attached hydrogens (primary N) is 3. The highest BCUT2D eigenvalue weighted by molar-refractivity contribution is 6.40. The maximum Gasteiger partial charge on any atom is 0.434 e. The Morgan fingerprint density at radius 1 is 1.11 bits per heavy atom. The first kappa shape index (κ1) is 28.4. The quantitative estimate of drug-likeness (QED) is 0.433. The van der Waals surface area contributed by atoms with Gasteiger partial charge in [0, 0.05) is 37.2 Å². The van der Waals surface area contributed by atoms with Crippen molar-refractivity contribution in [2.75, 3.05) is 19.7 Å². The van der Waals surface area contributed by atoms with Crippen LogP contribution in [0.3, 0.4) is 0 Å². The molecule has 6 nitrogen and oxygen atoms in total. The van der Waals surface area contributed by atoms with Gasteiger partial charge in [-0.2, -0.15) is 13.2 Å². The molecule has 0 aromatic carbocycles. The fourth-order valence-electron chi connectivity index (χ4n) is 5.58. The Hall–Kier alpha value is -2.13. The van der Waals surface area contributed by atoms with E-state index < -0.39 is 17.2 Å². The maximum atomic E-state index is 12.6. The lowest BCUT2D eigenvalue weighted by Crippen LogP contribution is -2.57. The number of fused-ring (bicyclic) bond motifs is 1. The molecule has 194 valence electrons. The van der Waals surface area contributed by atoms with E-state index in [1.54, 1.807) is 0 Å². The van der Waals surface area contributed by atoms with Gasteiger partial charge in [-0.1, -0.05) is 11.8 Å². The summed E-state index contributed by atoms with van der Waals surface area (Å²) in [5, 5.41) is -0.647. The first-order valence-electron chi connectivity index (χ1n) is 12.4. The monoisotopic (exact) mass is 501 g/mol. The van der Waals surface area contributed by atoms with Crippen LogP contribution in [0, 0.1) is 17.8 Å². The Labute approximate surface area is 214 Å². The molecule has 1 aliphatic carbocycles. The van der Waals surface area contributed by atoms with Crippen molar-refractivity contribution in [3.05, 3.63) is 47.6 Å². The number of aromatic nitrogens is 1. The first-order chi connectivity index (χ1) is 16.7. The average molecular weight is 501 g/mol. The van der Waals surface area contributed by atoms with Crippen molar-refractivity contribution in [1.29, 1.82) is 0 Å². The van der Waals surface area contributed by atoms with E-state index >= 15 is 0 Å². The molecule has 3 unspecified atom stereocenters. The Morgan fingerprint density at radius 2 is 1.75 bits per heavy atom. The second-order valence-electron chi connectivity index (χ2n) is 10.7. The molecule has 3 fully saturated rings. The molecule has 2 aliphatic heterocycles. The molecule has 4 radical (unpaired) electrons. The molecule has 3 aliphatic rings. The molecule has 2 saturated heterocycles. The molecule has 0 amide bonds. The van der Waals surface area contributed by atoms with Gasteiger partial charge in [0.15, 0.2) is 5.69 Å². The largest absolute Gasteiger partial charge is 0.434 e. The number of rotatable bonds is 4. The Bertz CT molecular complexity index is 951. The summed E-state index contributed by atoms with van der Waals surface area (Å²) in [6.45, 7) is 7.29. The van der Waals surface area contributed by atoms with Crippen LogP contribution < -0.4 is 17.2 Å². The molecular formula is C25H36B2F3N5O. The number of ether oxygens (including phenoxy) is 1. The van der Waals surface area contributed by atoms with E-state index in [9.17, 15) is 13.2 Å². The lowest BCUT2D eigenvalue weighted by Gasteiger charge is -2.49. The van der Waals surface area contributed by atoms with E-state index in [1.165, 1.54) is 43.5 Å². The van der Waals surface area contributed by atoms with Gasteiger partial charge in [0.2, 0.25) is 0 Å². The number of likely N-dealkylation sites (tertiary alicyclic amines) is 1. The van der Waals surface area contributed by atoms with E-state index in [4.69, 9.17) is 37.6 Å². The summed E-state index contributed by atoms with van der Waals surface area (Å²) in [6, 6.07) is 2.59. The molecule has 1 saturated carbocycles. The highest BCUT2D eigenvalue weighted by atomic mass is 19.4. The van der Waals surface area contributed by atoms with Crippen LogP contribution in [0.25, 0.3) is 5.70 Å². The molecule has 6 N–H and O–H groups in total. The van der Waals surface area contributed by atoms with Crippen molar-refractivity contribution >= 4 is 21.4 Å². The minimum Gasteiger partial charge on any atom is -0.398 e. The molecule has 11 heteroatoms. The van der Waals surface area contributed by atoms with E-state index in [2.05, 4.69) is 23.7 Å². The van der Waals surface area contributed by atoms with Gasteiger partial charge in [-0.05, 0) is 81.6 Å². The average Bonchev–Trinajstić information content (AvgIpc) is 3.40. The number of pyridine rings is 1. The van der Waals surface area contributed by atoms with E-state index in [0.717, 1.165) is 50.6 Å². The normalized spacial score (nSPS) is 26.6. The zero-order chi connectivity index (χ0) is 26.7. The van der Waals surface area contributed by atoms with Crippen LogP contribution in [0.4, 0.5) is 13.2 Å². The minimum atomic E-state index is -4.56. The summed E-state index contributed by atoms with van der Waals surface area (Å²) in [6.07, 6.45) is 4.99. The maximum absolute atomic E-state index is 12.6. The lowest BCUT2D eigenvalue weighted by atomic mass is 9.51. The topological polar surface area (TPSA) is 103 Å². The van der Waals surface area contributed by atoms with Gasteiger partial charge in [-0.15, -0.1) is 0 Å². The smallest absolute Gasteiger partial charge is 0.398 e. The van der Waals surface area contributed by atoms with Crippen LogP contribution in [-0.2, 0) is 10.9 Å². The molecule has 36 heavy (non-hydrogen) atoms. The minimum absolute atomic E-state index is 0.0506. The van der Waals surface area contributed by atoms with E-state index in [1.807, 2.05) is 0 Å². The van der Waals surface area contributed by atoms with Gasteiger partial charge < -0.3 is 26.8 Å². The number of nitrogens with zero attached hydrogens (tertiary/aromatic N) is 2. The predicted molar refractivity (Wildman–Crippen MR) is 137 cm³/mol. The summed E-state index contributed by atoms with van der Waals surface area (Å²) in [7, 11) is 13.1. The van der Waals surface area contributed by atoms with Gasteiger partial charge in [0.1, 0.15) is 0 Å². The summed E-state index contributed by atoms with van der Waals surface area (Å²) in [5.74, 6) is 1.99. The van der Waals surface area contributed by atoms with Gasteiger partial charge in [0.25, 0.3) is 0 Å². The molecular weight excluding hydrogens is 465 g/mol. The summed E-state index contributed by atoms with van der Waals surface area (Å²) in [5.41, 5.74) is 14.3. The third-order valence-electron chi connectivity index (χ3n) is 7.47. The number of hydrogen-bond acceptors (Lipinski definition) is 6. The van der Waals surface area contributed by atoms with E-state index in [-0.39, 0.29) is 22.7 Å². The number of allylic oxidation sites excluding steroid dienone is 2. The van der Waals surface area contributed by atoms with Crippen molar-refractivity contribution in [3.8, 4) is 0 Å². The van der Waals surface area contributed by atoms with Crippen LogP contribution in [-0.4, -0.2) is 56.2 Å². The van der Waals surface area contributed by atoms with Crippen molar-refractivity contribution in [1.82, 2.24) is 9.88 Å². The molecule has 1 aromatic rings. The van der Waals surface area contributed by atoms with Crippen molar-refractivity contribution < 1.29 is 17.9 Å². The number of halogens is 3. The van der Waals surface area contributed by atoms with Crippen LogP contribution in [0.2, 0.25) is 0 Å². The second kappa shape index (κ2) is 11.1. The van der Waals surface area contributed by atoms with Gasteiger partial charge in [0.05, 0.1) is 27.1 Å². The molecule has 4 rings (SSSR count). The highest BCUT2D eigenvalue weighted by Crippen LogP contribution is 2.43. The van der Waals surface area contributed by atoms with Crippen LogP contribution in [0.15, 0.2) is 36.3 Å². The summed E-state index contributed by atoms with van der Waals surface area (Å²) in [4.78, 5) is 5.64. The molecule has 3 atom stereocenters. The van der Waals surface area contributed by atoms with Crippen LogP contribution >= 0.6 is 0 Å². The molecule has 3 heterocycles. The highest BCUT2D eigenvalue weighted by Gasteiger charge is 2.45. The third-order valence-corrected chi connectivity index (χ3v) is 7.47. The molecule has 1 aromatic heterocycles. The molecule has 0 spiro atoms. The fraction of sp³-hybridized carbons (Fsp3) is 0.640. The Morgan fingerprint density at radius 3 is 2.31 bits per heavy atom. The fourth-order valence-corrected chi connectivity index (χ4v) is 5.58. The van der Waals surface area contributed by atoms with Gasteiger partial charge in [-0.25, -0.2) is 0 Å². The zero-order valence-corrected chi connectivity index (χ0v) is 21.1. The van der Waals surface area contributed by atoms with Crippen molar-refractivity contribution in [3.63, 3.8) is 0 Å². The lowest BCUT2D eigenvalue weighted by molar-refractivity contribution is -0.141. The third kappa shape index (κ3) is 7.00. The van der Waals surface area contributed by atoms with Crippen molar-refractivity contribution in [2.45, 2.75) is 63.1 Å². The first-order valence-corrected chi connectivity index (χ1v) is 12.4. The standard InChI is InChI=1S/C15H25B2NO.C10H11F3N4/c1-14(2)8-13(6-7-19-14)15(16,17)18-9-11-4-3-5-12(11)10-18;11-10(12,13)9-6(2-1-5-17-9)7(14)3-4-8(15)16/h11-13H,3-10H2,1-2H3;1-5H,14-16H2/b;7-3-. The van der Waals surface area contributed by atoms with Gasteiger partial charge >= 0.3 is 6.18 Å². The Balaban J connectivity index is 0.000000202. The summed E-state index contributed by atoms with van der Waals surface area (Å²) < 4.78 is 43.6. The summed E-state index contributed by atoms with van der Waals surface area (Å²) >= 11 is 0. The number of hydrogen-bond donors (Lipinski definition) is 3. The van der Waals surface area contributed by atoms with Gasteiger partial charge in [-0.3, -0.25) is 4.98 Å². The van der Waals surface area contributed by atoms with Crippen LogP contribution in [0.5, 0.6) is 0 Å². The van der Waals surface area contributed by atoms with E-state index in [0.29, 0.717) is 5.92 Å². The Kier molecular flexibility index (Phi) is 8.76. The van der Waals surface area contributed by atoms with Crippen LogP contribution in [0.1, 0.15) is 57.2 Å². The predicted octanol–water partition coefficient (Wildman–Crippen LogP) is 3.07.